The summed E-state index contributed by atoms with van der Waals surface area (Å²) < 4.78 is 57.6. The van der Waals surface area contributed by atoms with Crippen LogP contribution >= 0.6 is 22.9 Å². The molecule has 0 atom stereocenters. The van der Waals surface area contributed by atoms with Gasteiger partial charge in [0, 0.05) is 53.3 Å². The predicted octanol–water partition coefficient (Wildman–Crippen LogP) is 6.57. The number of nitrogens with one attached hydrogen (secondary N) is 2. The number of thiazole rings is 1. The van der Waals surface area contributed by atoms with Gasteiger partial charge in [-0.2, -0.15) is 0 Å². The van der Waals surface area contributed by atoms with E-state index in [1.54, 1.807) is 48.7 Å². The van der Waals surface area contributed by atoms with Gasteiger partial charge in [-0.05, 0) is 42.0 Å². The highest BCUT2D eigenvalue weighted by molar-refractivity contribution is 7.91. The molecule has 43 heavy (non-hydrogen) atoms. The first-order valence-electron chi connectivity index (χ1n) is 13.4. The summed E-state index contributed by atoms with van der Waals surface area (Å²) in [6.07, 6.45) is 1.94. The normalized spacial score (nSPS) is 11.6. The molecule has 0 saturated heterocycles. The molecule has 2 aromatic heterocycles. The van der Waals surface area contributed by atoms with Crippen molar-refractivity contribution in [3.8, 4) is 17.0 Å². The van der Waals surface area contributed by atoms with Crippen LogP contribution in [0.4, 0.5) is 20.3 Å². The first-order valence-corrected chi connectivity index (χ1v) is 16.5. The molecule has 0 amide bonds. The molecule has 0 aliphatic carbocycles. The Hall–Kier alpha value is -3.71. The van der Waals surface area contributed by atoms with Crippen LogP contribution in [0.5, 0.6) is 5.75 Å². The van der Waals surface area contributed by atoms with Crippen LogP contribution in [0, 0.1) is 11.6 Å². The molecule has 3 aromatic carbocycles. The van der Waals surface area contributed by atoms with Gasteiger partial charge in [-0.3, -0.25) is 0 Å². The average Bonchev–Trinajstić information content (AvgIpc) is 3.45. The fraction of sp³-hybridized carbons (Fsp3) is 0.233. The largest absolute Gasteiger partial charge is 0.487 e. The summed E-state index contributed by atoms with van der Waals surface area (Å²) in [4.78, 5) is 13.2. The first-order chi connectivity index (χ1) is 20.7. The van der Waals surface area contributed by atoms with Crippen molar-refractivity contribution in [2.45, 2.75) is 20.0 Å². The molecule has 0 fully saturated rings. The molecule has 2 N–H and O–H groups in total. The molecule has 5 aromatic rings. The van der Waals surface area contributed by atoms with Crippen molar-refractivity contribution in [1.82, 2.24) is 20.3 Å². The van der Waals surface area contributed by atoms with Gasteiger partial charge in [0.1, 0.15) is 36.1 Å². The van der Waals surface area contributed by atoms with E-state index < -0.39 is 15.7 Å². The Morgan fingerprint density at radius 3 is 2.70 bits per heavy atom. The Labute approximate surface area is 257 Å². The van der Waals surface area contributed by atoms with Crippen LogP contribution in [0.25, 0.3) is 22.2 Å². The second kappa shape index (κ2) is 13.7. The molecule has 0 aliphatic rings. The molecule has 0 radical (unpaired) electrons. The van der Waals surface area contributed by atoms with Gasteiger partial charge in [-0.25, -0.2) is 32.2 Å². The van der Waals surface area contributed by atoms with E-state index in [0.717, 1.165) is 5.01 Å². The first kappa shape index (κ1) is 30.7. The van der Waals surface area contributed by atoms with Crippen molar-refractivity contribution < 1.29 is 21.9 Å². The van der Waals surface area contributed by atoms with Crippen molar-refractivity contribution in [3.05, 3.63) is 93.5 Å². The van der Waals surface area contributed by atoms with E-state index in [1.807, 2.05) is 0 Å². The molecular weight excluding hydrogens is 616 g/mol. The lowest BCUT2D eigenvalue weighted by Crippen LogP contribution is -2.25. The topological polar surface area (TPSA) is 106 Å². The monoisotopic (exact) mass is 643 g/mol. The fourth-order valence-electron chi connectivity index (χ4n) is 4.24. The maximum atomic E-state index is 15.1. The molecule has 13 heteroatoms. The molecular formula is C30H28ClF2N5O3S2. The summed E-state index contributed by atoms with van der Waals surface area (Å²) in [6, 6.07) is 14.3. The molecule has 0 bridgehead atoms. The molecule has 0 saturated carbocycles. The van der Waals surface area contributed by atoms with Gasteiger partial charge in [0.15, 0.2) is 9.84 Å². The smallest absolute Gasteiger partial charge is 0.151 e. The number of hydrogen-bond acceptors (Lipinski definition) is 9. The van der Waals surface area contributed by atoms with Gasteiger partial charge in [-0.15, -0.1) is 11.3 Å². The number of halogens is 3. The van der Waals surface area contributed by atoms with Crippen LogP contribution in [0.1, 0.15) is 17.5 Å². The SMILES string of the molecule is CCS(=O)(=O)CCNCCc1nc(-c2cc3c(Nc4ccc(OCc5cccc(F)c5)c(Cl)c4)ncnc3cc2F)cs1. The van der Waals surface area contributed by atoms with Crippen LogP contribution in [0.2, 0.25) is 5.02 Å². The summed E-state index contributed by atoms with van der Waals surface area (Å²) in [7, 11) is -3.02. The lowest BCUT2D eigenvalue weighted by molar-refractivity contribution is 0.306. The highest BCUT2D eigenvalue weighted by atomic mass is 35.5. The third-order valence-corrected chi connectivity index (χ3v) is 9.48. The summed E-state index contributed by atoms with van der Waals surface area (Å²) in [6.45, 7) is 2.73. The number of anilines is 2. The Bertz CT molecular complexity index is 1850. The predicted molar refractivity (Wildman–Crippen MR) is 167 cm³/mol. The Morgan fingerprint density at radius 1 is 1.05 bits per heavy atom. The number of nitrogens with zero attached hydrogens (tertiary/aromatic N) is 3. The second-order valence-corrected chi connectivity index (χ2v) is 13.4. The van der Waals surface area contributed by atoms with E-state index >= 15 is 4.39 Å². The third-order valence-electron chi connectivity index (χ3n) is 6.58. The van der Waals surface area contributed by atoms with E-state index in [2.05, 4.69) is 25.6 Å². The Morgan fingerprint density at radius 2 is 1.91 bits per heavy atom. The summed E-state index contributed by atoms with van der Waals surface area (Å²) in [5, 5.41) is 9.88. The maximum Gasteiger partial charge on any atom is 0.151 e. The van der Waals surface area contributed by atoms with E-state index in [-0.39, 0.29) is 23.9 Å². The molecule has 8 nitrogen and oxygen atoms in total. The van der Waals surface area contributed by atoms with Crippen molar-refractivity contribution in [2.75, 3.05) is 29.9 Å². The molecule has 2 heterocycles. The zero-order valence-electron chi connectivity index (χ0n) is 23.1. The molecule has 5 rings (SSSR count). The number of aromatic nitrogens is 3. The standard InChI is InChI=1S/C30H28ClF2N5O3S2/c1-2-43(39,40)11-10-34-9-8-29-38-27(17-42-29)22-14-23-26(15-25(22)33)35-18-36-30(23)37-21-6-7-28(24(31)13-21)41-16-19-4-3-5-20(32)12-19/h3-7,12-15,17-18,34H,2,8-11,16H2,1H3,(H,35,36,37). The zero-order chi connectivity index (χ0) is 30.4. The van der Waals surface area contributed by atoms with Gasteiger partial charge in [0.05, 0.1) is 27.0 Å². The summed E-state index contributed by atoms with van der Waals surface area (Å²) in [5.74, 6) is 0.312. The number of rotatable bonds is 13. The zero-order valence-corrected chi connectivity index (χ0v) is 25.5. The molecule has 0 spiro atoms. The lowest BCUT2D eigenvalue weighted by Gasteiger charge is -2.12. The number of fused-ring (bicyclic) bond motifs is 1. The second-order valence-electron chi connectivity index (χ2n) is 9.62. The van der Waals surface area contributed by atoms with Crippen molar-refractivity contribution >= 4 is 55.2 Å². The quantitative estimate of drug-likeness (QED) is 0.139. The van der Waals surface area contributed by atoms with E-state index in [0.29, 0.717) is 69.5 Å². The van der Waals surface area contributed by atoms with Crippen molar-refractivity contribution in [2.24, 2.45) is 0 Å². The van der Waals surface area contributed by atoms with E-state index in [1.165, 1.54) is 35.9 Å². The minimum Gasteiger partial charge on any atom is -0.487 e. The van der Waals surface area contributed by atoms with Crippen LogP contribution in [-0.2, 0) is 22.9 Å². The summed E-state index contributed by atoms with van der Waals surface area (Å²) in [5.41, 5.74) is 2.53. The number of benzene rings is 3. The highest BCUT2D eigenvalue weighted by Gasteiger charge is 2.15. The van der Waals surface area contributed by atoms with Crippen LogP contribution in [0.3, 0.4) is 0 Å². The Kier molecular flexibility index (Phi) is 9.81. The minimum atomic E-state index is -3.02. The van der Waals surface area contributed by atoms with Crippen LogP contribution in [0.15, 0.2) is 66.3 Å². The van der Waals surface area contributed by atoms with Gasteiger partial charge >= 0.3 is 0 Å². The van der Waals surface area contributed by atoms with Gasteiger partial charge in [0.2, 0.25) is 0 Å². The van der Waals surface area contributed by atoms with E-state index in [4.69, 9.17) is 16.3 Å². The minimum absolute atomic E-state index is 0.0913. The third kappa shape index (κ3) is 8.02. The van der Waals surface area contributed by atoms with Gasteiger partial charge in [-0.1, -0.05) is 30.7 Å². The van der Waals surface area contributed by atoms with Crippen LogP contribution in [-0.4, -0.2) is 48.0 Å². The number of sulfone groups is 1. The van der Waals surface area contributed by atoms with Crippen molar-refractivity contribution in [1.29, 1.82) is 0 Å². The summed E-state index contributed by atoms with van der Waals surface area (Å²) >= 11 is 7.87. The molecule has 0 aliphatic heterocycles. The molecule has 224 valence electrons. The fourth-order valence-corrected chi connectivity index (χ4v) is 6.01. The van der Waals surface area contributed by atoms with Crippen molar-refractivity contribution in [3.63, 3.8) is 0 Å². The maximum absolute atomic E-state index is 15.1. The number of ether oxygens (including phenoxy) is 1. The average molecular weight is 644 g/mol. The molecule has 0 unspecified atom stereocenters. The van der Waals surface area contributed by atoms with Gasteiger partial charge < -0.3 is 15.4 Å². The lowest BCUT2D eigenvalue weighted by atomic mass is 10.1. The van der Waals surface area contributed by atoms with Crippen LogP contribution < -0.4 is 15.4 Å². The van der Waals surface area contributed by atoms with E-state index in [9.17, 15) is 12.8 Å². The number of hydrogen-bond donors (Lipinski definition) is 2. The highest BCUT2D eigenvalue weighted by Crippen LogP contribution is 2.34. The Balaban J connectivity index is 1.28. The van der Waals surface area contributed by atoms with Gasteiger partial charge in [0.25, 0.3) is 0 Å².